The highest BCUT2D eigenvalue weighted by atomic mass is 32.2. The molecule has 0 N–H and O–H groups in total. The molecule has 1 aromatic carbocycles. The van der Waals surface area contributed by atoms with Gasteiger partial charge in [-0.15, -0.1) is 11.3 Å². The zero-order valence-corrected chi connectivity index (χ0v) is 20.5. The molecule has 4 rings (SSSR count). The second kappa shape index (κ2) is 11.3. The van der Waals surface area contributed by atoms with Crippen molar-refractivity contribution in [3.05, 3.63) is 64.8 Å². The molecule has 3 aromatic rings. The van der Waals surface area contributed by atoms with Gasteiger partial charge in [-0.3, -0.25) is 4.79 Å². The van der Waals surface area contributed by atoms with Crippen LogP contribution in [0.15, 0.2) is 48.8 Å². The topological polar surface area (TPSA) is 84.6 Å². The fourth-order valence-electron chi connectivity index (χ4n) is 3.81. The number of thiophene rings is 1. The summed E-state index contributed by atoms with van der Waals surface area (Å²) >= 11 is 3.45. The Kier molecular flexibility index (Phi) is 7.93. The molecule has 0 aliphatic carbocycles. The maximum atomic E-state index is 13.2. The maximum absolute atomic E-state index is 13.2. The molecular formula is C25H25N3O4S2. The molecule has 0 saturated carbocycles. The molecule has 1 aliphatic heterocycles. The molecule has 0 unspecified atom stereocenters. The van der Waals surface area contributed by atoms with Crippen LogP contribution in [0.4, 0.5) is 5.69 Å². The number of benzene rings is 1. The summed E-state index contributed by atoms with van der Waals surface area (Å²) in [5.41, 5.74) is 2.20. The number of hydrogen-bond donors (Lipinski definition) is 0. The average molecular weight is 496 g/mol. The van der Waals surface area contributed by atoms with Crippen LogP contribution in [0.2, 0.25) is 0 Å². The average Bonchev–Trinajstić information content (AvgIpc) is 3.52. The van der Waals surface area contributed by atoms with Gasteiger partial charge in [-0.2, -0.15) is 17.0 Å². The number of nitriles is 1. The third-order valence-electron chi connectivity index (χ3n) is 5.38. The van der Waals surface area contributed by atoms with Gasteiger partial charge in [0.1, 0.15) is 10.8 Å². The predicted molar refractivity (Wildman–Crippen MR) is 134 cm³/mol. The van der Waals surface area contributed by atoms with Gasteiger partial charge in [0.15, 0.2) is 6.61 Å². The van der Waals surface area contributed by atoms with Crippen molar-refractivity contribution in [1.29, 1.82) is 5.26 Å². The highest BCUT2D eigenvalue weighted by Crippen LogP contribution is 2.38. The van der Waals surface area contributed by atoms with E-state index in [-0.39, 0.29) is 18.9 Å². The lowest BCUT2D eigenvalue weighted by Gasteiger charge is -2.22. The Morgan fingerprint density at radius 3 is 2.68 bits per heavy atom. The molecule has 7 nitrogen and oxygen atoms in total. The van der Waals surface area contributed by atoms with Crippen molar-refractivity contribution in [2.75, 3.05) is 30.4 Å². The van der Waals surface area contributed by atoms with Gasteiger partial charge in [0.2, 0.25) is 0 Å². The second-order valence-electron chi connectivity index (χ2n) is 7.53. The number of hydrogen-bond acceptors (Lipinski definition) is 7. The van der Waals surface area contributed by atoms with Gasteiger partial charge in [0.05, 0.1) is 24.7 Å². The van der Waals surface area contributed by atoms with Crippen LogP contribution in [0.3, 0.4) is 0 Å². The quantitative estimate of drug-likeness (QED) is 0.395. The SMILES string of the molecule is CCOc1ccc(N(CCC#N)C(=O)COC(=O)c2c(-n3cccc3)sc3c2CCSC3)cc1. The number of fused-ring (bicyclic) bond motifs is 1. The zero-order valence-electron chi connectivity index (χ0n) is 18.9. The molecule has 0 radical (unpaired) electrons. The van der Waals surface area contributed by atoms with E-state index in [1.165, 1.54) is 9.78 Å². The fourth-order valence-corrected chi connectivity index (χ4v) is 6.24. The summed E-state index contributed by atoms with van der Waals surface area (Å²) in [6.45, 7) is 2.25. The number of nitrogens with zero attached hydrogens (tertiary/aromatic N) is 3. The first kappa shape index (κ1) is 23.9. The van der Waals surface area contributed by atoms with Crippen LogP contribution in [-0.4, -0.2) is 42.0 Å². The van der Waals surface area contributed by atoms with Crippen molar-refractivity contribution in [3.8, 4) is 16.8 Å². The normalized spacial score (nSPS) is 12.5. The van der Waals surface area contributed by atoms with E-state index < -0.39 is 12.6 Å². The predicted octanol–water partition coefficient (Wildman–Crippen LogP) is 4.83. The van der Waals surface area contributed by atoms with Crippen LogP contribution >= 0.6 is 23.1 Å². The summed E-state index contributed by atoms with van der Waals surface area (Å²) in [7, 11) is 0. The molecule has 0 saturated heterocycles. The smallest absolute Gasteiger partial charge is 0.341 e. The molecule has 0 fully saturated rings. The van der Waals surface area contributed by atoms with Crippen molar-refractivity contribution in [2.24, 2.45) is 0 Å². The molecule has 1 amide bonds. The third kappa shape index (κ3) is 5.29. The van der Waals surface area contributed by atoms with Crippen molar-refractivity contribution in [1.82, 2.24) is 4.57 Å². The van der Waals surface area contributed by atoms with Gasteiger partial charge in [-0.05, 0) is 61.1 Å². The Morgan fingerprint density at radius 2 is 1.97 bits per heavy atom. The number of carbonyl (C=O) groups is 2. The van der Waals surface area contributed by atoms with Crippen LogP contribution in [-0.2, 0) is 21.7 Å². The Hall–Kier alpha value is -3.22. The van der Waals surface area contributed by atoms with E-state index >= 15 is 0 Å². The van der Waals surface area contributed by atoms with Gasteiger partial charge >= 0.3 is 5.97 Å². The number of anilines is 1. The number of rotatable bonds is 9. The highest BCUT2D eigenvalue weighted by Gasteiger charge is 2.28. The number of esters is 1. The minimum atomic E-state index is -0.492. The number of carbonyl (C=O) groups excluding carboxylic acids is 2. The standard InChI is InChI=1S/C25H25N3O4S2/c1-2-31-19-8-6-18(7-9-19)28(14-5-11-26)22(29)16-32-25(30)23-20-10-15-33-17-21(20)34-24(23)27-12-3-4-13-27/h3-4,6-9,12-13H,2,5,10,14-17H2,1H3. The minimum Gasteiger partial charge on any atom is -0.494 e. The van der Waals surface area contributed by atoms with Crippen LogP contribution in [0.1, 0.15) is 34.1 Å². The molecule has 0 spiro atoms. The first-order valence-electron chi connectivity index (χ1n) is 11.0. The lowest BCUT2D eigenvalue weighted by molar-refractivity contribution is -0.121. The van der Waals surface area contributed by atoms with E-state index in [1.54, 1.807) is 35.6 Å². The van der Waals surface area contributed by atoms with Gasteiger partial charge in [0.25, 0.3) is 5.91 Å². The first-order chi connectivity index (χ1) is 16.6. The molecule has 3 heterocycles. The summed E-state index contributed by atoms with van der Waals surface area (Å²) < 4.78 is 12.9. The van der Waals surface area contributed by atoms with Crippen LogP contribution in [0.5, 0.6) is 5.75 Å². The van der Waals surface area contributed by atoms with Crippen LogP contribution < -0.4 is 9.64 Å². The second-order valence-corrected chi connectivity index (χ2v) is 9.72. The molecule has 0 atom stereocenters. The van der Waals surface area contributed by atoms with Crippen molar-refractivity contribution in [3.63, 3.8) is 0 Å². The Morgan fingerprint density at radius 1 is 1.21 bits per heavy atom. The van der Waals surface area contributed by atoms with Crippen molar-refractivity contribution < 1.29 is 19.1 Å². The lowest BCUT2D eigenvalue weighted by atomic mass is 10.1. The van der Waals surface area contributed by atoms with E-state index in [2.05, 4.69) is 6.07 Å². The van der Waals surface area contributed by atoms with E-state index in [1.807, 2.05) is 47.8 Å². The first-order valence-corrected chi connectivity index (χ1v) is 13.0. The maximum Gasteiger partial charge on any atom is 0.341 e. The molecule has 2 aromatic heterocycles. The van der Waals surface area contributed by atoms with E-state index in [0.29, 0.717) is 23.6 Å². The molecule has 0 bridgehead atoms. The highest BCUT2D eigenvalue weighted by molar-refractivity contribution is 7.98. The minimum absolute atomic E-state index is 0.167. The van der Waals surface area contributed by atoms with E-state index in [9.17, 15) is 9.59 Å². The largest absolute Gasteiger partial charge is 0.494 e. The van der Waals surface area contributed by atoms with Gasteiger partial charge in [-0.25, -0.2) is 4.79 Å². The van der Waals surface area contributed by atoms with Crippen LogP contribution in [0.25, 0.3) is 5.00 Å². The summed E-state index contributed by atoms with van der Waals surface area (Å²) in [6.07, 6.45) is 4.78. The van der Waals surface area contributed by atoms with Gasteiger partial charge in [-0.1, -0.05) is 0 Å². The number of amides is 1. The molecule has 1 aliphatic rings. The fraction of sp³-hybridized carbons (Fsp3) is 0.320. The Balaban J connectivity index is 1.51. The molecule has 176 valence electrons. The number of ether oxygens (including phenoxy) is 2. The zero-order chi connectivity index (χ0) is 23.9. The number of thioether (sulfide) groups is 1. The Bertz CT molecular complexity index is 1180. The third-order valence-corrected chi connectivity index (χ3v) is 7.79. The van der Waals surface area contributed by atoms with E-state index in [4.69, 9.17) is 14.7 Å². The summed E-state index contributed by atoms with van der Waals surface area (Å²) in [4.78, 5) is 28.9. The van der Waals surface area contributed by atoms with Crippen LogP contribution in [0, 0.1) is 11.3 Å². The van der Waals surface area contributed by atoms with Crippen molar-refractivity contribution >= 4 is 40.7 Å². The van der Waals surface area contributed by atoms with E-state index in [0.717, 1.165) is 28.5 Å². The number of aromatic nitrogens is 1. The van der Waals surface area contributed by atoms with Crippen molar-refractivity contribution in [2.45, 2.75) is 25.5 Å². The van der Waals surface area contributed by atoms with Gasteiger partial charge in [0, 0.05) is 35.3 Å². The molecule has 9 heteroatoms. The summed E-state index contributed by atoms with van der Waals surface area (Å²) in [5.74, 6) is 1.65. The van der Waals surface area contributed by atoms with Gasteiger partial charge < -0.3 is 18.9 Å². The molecule has 34 heavy (non-hydrogen) atoms. The summed E-state index contributed by atoms with van der Waals surface area (Å²) in [6, 6.07) is 13.0. The summed E-state index contributed by atoms with van der Waals surface area (Å²) in [5, 5.41) is 9.86. The molecular weight excluding hydrogens is 470 g/mol. The Labute approximate surface area is 206 Å². The monoisotopic (exact) mass is 495 g/mol. The lowest BCUT2D eigenvalue weighted by Crippen LogP contribution is -2.35.